The first kappa shape index (κ1) is 12.0. The van der Waals surface area contributed by atoms with Gasteiger partial charge in [-0.25, -0.2) is 0 Å². The van der Waals surface area contributed by atoms with E-state index >= 15 is 0 Å². The zero-order chi connectivity index (χ0) is 11.6. The summed E-state index contributed by atoms with van der Waals surface area (Å²) in [6.45, 7) is 4.13. The molecule has 1 aliphatic carbocycles. The molecule has 1 fully saturated rings. The number of ether oxygens (including phenoxy) is 2. The molecule has 4 heteroatoms. The third-order valence-corrected chi connectivity index (χ3v) is 3.52. The molecule has 0 spiro atoms. The highest BCUT2D eigenvalue weighted by Gasteiger charge is 2.58. The summed E-state index contributed by atoms with van der Waals surface area (Å²) in [5.74, 6) is 0.0639. The Morgan fingerprint density at radius 2 is 1.33 bits per heavy atom. The van der Waals surface area contributed by atoms with Gasteiger partial charge < -0.3 is 9.47 Å². The van der Waals surface area contributed by atoms with Crippen molar-refractivity contribution in [1.82, 2.24) is 0 Å². The van der Waals surface area contributed by atoms with Gasteiger partial charge in [-0.1, -0.05) is 13.8 Å². The molecule has 2 atom stereocenters. The third-order valence-electron chi connectivity index (χ3n) is 3.52. The maximum Gasteiger partial charge on any atom is 0.305 e. The van der Waals surface area contributed by atoms with Crippen LogP contribution in [-0.4, -0.2) is 26.2 Å². The monoisotopic (exact) mass is 214 g/mol. The summed E-state index contributed by atoms with van der Waals surface area (Å²) in [5, 5.41) is 0. The van der Waals surface area contributed by atoms with Crippen LogP contribution in [0.3, 0.4) is 0 Å². The minimum absolute atomic E-state index is 0.0440. The summed E-state index contributed by atoms with van der Waals surface area (Å²) >= 11 is 0. The van der Waals surface area contributed by atoms with Crippen molar-refractivity contribution in [3.05, 3.63) is 0 Å². The fourth-order valence-corrected chi connectivity index (χ4v) is 2.19. The summed E-state index contributed by atoms with van der Waals surface area (Å²) in [6, 6.07) is 0. The van der Waals surface area contributed by atoms with Crippen molar-refractivity contribution in [1.29, 1.82) is 0 Å². The Hall–Kier alpha value is -1.06. The van der Waals surface area contributed by atoms with E-state index in [2.05, 4.69) is 23.3 Å². The Morgan fingerprint density at radius 3 is 1.60 bits per heavy atom. The summed E-state index contributed by atoms with van der Waals surface area (Å²) < 4.78 is 9.24. The van der Waals surface area contributed by atoms with Crippen LogP contribution in [0.25, 0.3) is 0 Å². The molecule has 86 valence electrons. The molecule has 0 saturated heterocycles. The number of esters is 2. The predicted molar refractivity (Wildman–Crippen MR) is 54.0 cm³/mol. The Morgan fingerprint density at radius 1 is 1.00 bits per heavy atom. The molecular formula is C11H18O4. The number of hydrogen-bond acceptors (Lipinski definition) is 4. The number of carbonyl (C=O) groups excluding carboxylic acids is 2. The lowest BCUT2D eigenvalue weighted by molar-refractivity contribution is -0.143. The van der Waals surface area contributed by atoms with Crippen LogP contribution in [0.1, 0.15) is 26.7 Å². The molecule has 0 N–H and O–H groups in total. The molecule has 4 nitrogen and oxygen atoms in total. The molecule has 0 unspecified atom stereocenters. The van der Waals surface area contributed by atoms with Crippen molar-refractivity contribution in [2.75, 3.05) is 14.2 Å². The van der Waals surface area contributed by atoms with Gasteiger partial charge in [-0.05, 0) is 17.3 Å². The van der Waals surface area contributed by atoms with E-state index in [1.54, 1.807) is 0 Å². The van der Waals surface area contributed by atoms with Crippen LogP contribution in [0.2, 0.25) is 0 Å². The van der Waals surface area contributed by atoms with Crippen molar-refractivity contribution >= 4 is 11.9 Å². The zero-order valence-corrected chi connectivity index (χ0v) is 9.70. The third kappa shape index (κ3) is 2.49. The van der Waals surface area contributed by atoms with E-state index in [1.165, 1.54) is 14.2 Å². The molecule has 0 heterocycles. The first-order valence-corrected chi connectivity index (χ1v) is 5.07. The van der Waals surface area contributed by atoms with Gasteiger partial charge in [0.1, 0.15) is 0 Å². The summed E-state index contributed by atoms with van der Waals surface area (Å²) in [6.07, 6.45) is 0.788. The van der Waals surface area contributed by atoms with Crippen LogP contribution in [0, 0.1) is 17.3 Å². The maximum absolute atomic E-state index is 11.1. The van der Waals surface area contributed by atoms with E-state index in [-0.39, 0.29) is 29.2 Å². The molecule has 1 saturated carbocycles. The first-order valence-electron chi connectivity index (χ1n) is 5.07. The molecule has 1 rings (SSSR count). The molecule has 0 radical (unpaired) electrons. The average Bonchev–Trinajstić information content (AvgIpc) is 2.68. The number of carbonyl (C=O) groups is 2. The number of hydrogen-bond donors (Lipinski definition) is 0. The van der Waals surface area contributed by atoms with E-state index in [1.807, 2.05) is 0 Å². The van der Waals surface area contributed by atoms with E-state index in [9.17, 15) is 9.59 Å². The van der Waals surface area contributed by atoms with Crippen molar-refractivity contribution in [2.45, 2.75) is 26.7 Å². The van der Waals surface area contributed by atoms with E-state index in [0.717, 1.165) is 0 Å². The lowest BCUT2D eigenvalue weighted by atomic mass is 10.1. The summed E-state index contributed by atoms with van der Waals surface area (Å²) in [7, 11) is 2.76. The number of methoxy groups -OCH3 is 2. The van der Waals surface area contributed by atoms with Gasteiger partial charge in [-0.2, -0.15) is 0 Å². The Labute approximate surface area is 89.9 Å². The molecule has 1 aliphatic rings. The highest BCUT2D eigenvalue weighted by atomic mass is 16.5. The van der Waals surface area contributed by atoms with Crippen LogP contribution < -0.4 is 0 Å². The van der Waals surface area contributed by atoms with Crippen molar-refractivity contribution in [3.8, 4) is 0 Å². The van der Waals surface area contributed by atoms with E-state index in [4.69, 9.17) is 0 Å². The topological polar surface area (TPSA) is 52.6 Å². The normalized spacial score (nSPS) is 26.9. The van der Waals surface area contributed by atoms with E-state index < -0.39 is 0 Å². The second-order valence-electron chi connectivity index (χ2n) is 4.59. The average molecular weight is 214 g/mol. The largest absolute Gasteiger partial charge is 0.469 e. The van der Waals surface area contributed by atoms with Crippen LogP contribution in [0.4, 0.5) is 0 Å². The molecule has 0 aromatic carbocycles. The molecule has 0 bridgehead atoms. The van der Waals surface area contributed by atoms with Crippen LogP contribution >= 0.6 is 0 Å². The molecule has 0 aromatic heterocycles. The van der Waals surface area contributed by atoms with Gasteiger partial charge in [0.15, 0.2) is 0 Å². The van der Waals surface area contributed by atoms with Gasteiger partial charge in [0.25, 0.3) is 0 Å². The van der Waals surface area contributed by atoms with Crippen molar-refractivity contribution < 1.29 is 19.1 Å². The van der Waals surface area contributed by atoms with Gasteiger partial charge in [0, 0.05) is 12.8 Å². The lowest BCUT2D eigenvalue weighted by Gasteiger charge is -2.01. The minimum atomic E-state index is -0.208. The summed E-state index contributed by atoms with van der Waals surface area (Å²) in [5.41, 5.74) is 0.0440. The van der Waals surface area contributed by atoms with Gasteiger partial charge in [0.2, 0.25) is 0 Å². The maximum atomic E-state index is 11.1. The van der Waals surface area contributed by atoms with Crippen LogP contribution in [0.15, 0.2) is 0 Å². The molecular weight excluding hydrogens is 196 g/mol. The number of rotatable bonds is 4. The van der Waals surface area contributed by atoms with Gasteiger partial charge in [0.05, 0.1) is 14.2 Å². The van der Waals surface area contributed by atoms with Gasteiger partial charge in [-0.3, -0.25) is 9.59 Å². The van der Waals surface area contributed by atoms with Gasteiger partial charge in [-0.15, -0.1) is 0 Å². The fraction of sp³-hybridized carbons (Fsp3) is 0.818. The van der Waals surface area contributed by atoms with Crippen molar-refractivity contribution in [2.24, 2.45) is 17.3 Å². The molecule has 0 aliphatic heterocycles. The minimum Gasteiger partial charge on any atom is -0.469 e. The van der Waals surface area contributed by atoms with Crippen LogP contribution in [-0.2, 0) is 19.1 Å². The Bertz CT molecular complexity index is 244. The summed E-state index contributed by atoms with van der Waals surface area (Å²) in [4.78, 5) is 22.2. The Balaban J connectivity index is 2.48. The smallest absolute Gasteiger partial charge is 0.305 e. The van der Waals surface area contributed by atoms with Crippen LogP contribution in [0.5, 0.6) is 0 Å². The van der Waals surface area contributed by atoms with E-state index in [0.29, 0.717) is 12.8 Å². The second kappa shape index (κ2) is 4.21. The molecule has 0 aromatic rings. The fourth-order valence-electron chi connectivity index (χ4n) is 2.19. The Kier molecular flexibility index (Phi) is 3.37. The lowest BCUT2D eigenvalue weighted by Crippen LogP contribution is -2.05. The highest BCUT2D eigenvalue weighted by Crippen LogP contribution is 2.61. The molecule has 0 amide bonds. The molecule has 15 heavy (non-hydrogen) atoms. The highest BCUT2D eigenvalue weighted by molar-refractivity contribution is 5.72. The zero-order valence-electron chi connectivity index (χ0n) is 9.70. The standard InChI is InChI=1S/C11H18O4/c1-11(2)7(5-9(12)14-3)8(11)6-10(13)15-4/h7-8H,5-6H2,1-4H3/t7-,8+. The SMILES string of the molecule is COC(=O)C[C@@H]1[C@H](CC(=O)OC)C1(C)C. The quantitative estimate of drug-likeness (QED) is 0.663. The first-order chi connectivity index (χ1) is 6.93. The predicted octanol–water partition coefficient (Wildman–Crippen LogP) is 1.38. The van der Waals surface area contributed by atoms with Crippen molar-refractivity contribution in [3.63, 3.8) is 0 Å². The van der Waals surface area contributed by atoms with Gasteiger partial charge >= 0.3 is 11.9 Å². The second-order valence-corrected chi connectivity index (χ2v) is 4.59.